The van der Waals surface area contributed by atoms with Gasteiger partial charge in [-0.3, -0.25) is 5.32 Å². The number of carbonyl (C=O) groups is 2. The topological polar surface area (TPSA) is 119 Å². The normalized spacial score (nSPS) is 12.1. The number of alkyl carbamates (subject to hydrolysis) is 1. The molecule has 10 heteroatoms. The van der Waals surface area contributed by atoms with Crippen molar-refractivity contribution < 1.29 is 23.6 Å². The van der Waals surface area contributed by atoms with Gasteiger partial charge in [0.1, 0.15) is 17.7 Å². The third-order valence-electron chi connectivity index (χ3n) is 4.93. The first-order valence-corrected chi connectivity index (χ1v) is 12.4. The van der Waals surface area contributed by atoms with E-state index in [1.165, 1.54) is 0 Å². The van der Waals surface area contributed by atoms with Gasteiger partial charge in [0.05, 0.1) is 0 Å². The van der Waals surface area contributed by atoms with Crippen molar-refractivity contribution in [1.82, 2.24) is 20.4 Å². The molecule has 2 aromatic carbocycles. The van der Waals surface area contributed by atoms with Crippen molar-refractivity contribution in [3.05, 3.63) is 60.5 Å². The quantitative estimate of drug-likeness (QED) is 0.319. The number of hydrogen-bond acceptors (Lipinski definition) is 7. The highest BCUT2D eigenvalue weighted by atomic mass is 16.6. The van der Waals surface area contributed by atoms with Crippen molar-refractivity contribution in [1.29, 1.82) is 0 Å². The maximum absolute atomic E-state index is 12.5. The summed E-state index contributed by atoms with van der Waals surface area (Å²) in [5.74, 6) is 0.640. The molecule has 0 radical (unpaired) electrons. The van der Waals surface area contributed by atoms with E-state index < -0.39 is 23.4 Å². The monoisotopic (exact) mass is 521 g/mol. The lowest BCUT2D eigenvalue weighted by atomic mass is 10.0. The average Bonchev–Trinajstić information content (AvgIpc) is 3.29. The Bertz CT molecular complexity index is 1260. The van der Waals surface area contributed by atoms with E-state index in [0.717, 1.165) is 16.7 Å². The van der Waals surface area contributed by atoms with Crippen LogP contribution >= 0.6 is 0 Å². The summed E-state index contributed by atoms with van der Waals surface area (Å²) in [7, 11) is 0. The Morgan fingerprint density at radius 3 is 2.05 bits per heavy atom. The van der Waals surface area contributed by atoms with Crippen LogP contribution in [0.5, 0.6) is 0 Å². The predicted molar refractivity (Wildman–Crippen MR) is 144 cm³/mol. The van der Waals surface area contributed by atoms with Gasteiger partial charge in [0.25, 0.3) is 0 Å². The van der Waals surface area contributed by atoms with E-state index >= 15 is 0 Å². The summed E-state index contributed by atoms with van der Waals surface area (Å²) >= 11 is 0. The van der Waals surface area contributed by atoms with E-state index in [4.69, 9.17) is 14.0 Å². The van der Waals surface area contributed by atoms with Gasteiger partial charge in [-0.05, 0) is 59.6 Å². The van der Waals surface area contributed by atoms with Crippen LogP contribution in [0.2, 0.25) is 0 Å². The standard InChI is InChI=1S/C28H35N5O5/c1-8-33(24(30-25(34)36-27(2,3)4)31-26(35)37-28(5,6)7)18-22-29-23(32-38-22)21-16-14-20(15-17-21)19-12-10-9-11-13-19/h9-17H,8,18H2,1-7H3,(H,30,31,34,35). The molecule has 0 aliphatic carbocycles. The molecule has 1 N–H and O–H groups in total. The van der Waals surface area contributed by atoms with Crippen LogP contribution in [-0.2, 0) is 16.0 Å². The molecule has 0 aliphatic rings. The molecule has 0 bridgehead atoms. The van der Waals surface area contributed by atoms with Gasteiger partial charge in [-0.2, -0.15) is 4.98 Å². The SMILES string of the molecule is CCN(Cc1nc(-c2ccc(-c3ccccc3)cc2)no1)/C(=N\C(=O)OC(C)(C)C)NC(=O)OC(C)(C)C. The van der Waals surface area contributed by atoms with E-state index in [-0.39, 0.29) is 18.4 Å². The zero-order chi connectivity index (χ0) is 27.9. The number of ether oxygens (including phenoxy) is 2. The molecule has 0 saturated heterocycles. The predicted octanol–water partition coefficient (Wildman–Crippen LogP) is 6.04. The molecule has 38 heavy (non-hydrogen) atoms. The molecule has 0 spiro atoms. The molecule has 0 unspecified atom stereocenters. The Kier molecular flexibility index (Phi) is 8.88. The minimum Gasteiger partial charge on any atom is -0.444 e. The first kappa shape index (κ1) is 28.4. The van der Waals surface area contributed by atoms with Crippen molar-refractivity contribution in [2.45, 2.75) is 66.2 Å². The average molecular weight is 522 g/mol. The van der Waals surface area contributed by atoms with Crippen LogP contribution in [0.3, 0.4) is 0 Å². The lowest BCUT2D eigenvalue weighted by molar-refractivity contribution is 0.0553. The van der Waals surface area contributed by atoms with Crippen molar-refractivity contribution >= 4 is 18.1 Å². The molecular weight excluding hydrogens is 486 g/mol. The van der Waals surface area contributed by atoms with Crippen molar-refractivity contribution in [3.8, 4) is 22.5 Å². The number of carbonyl (C=O) groups excluding carboxylic acids is 2. The van der Waals surface area contributed by atoms with Crippen LogP contribution in [0.1, 0.15) is 54.4 Å². The highest BCUT2D eigenvalue weighted by Gasteiger charge is 2.24. The molecule has 1 heterocycles. The molecule has 10 nitrogen and oxygen atoms in total. The van der Waals surface area contributed by atoms with Crippen LogP contribution in [0.15, 0.2) is 64.1 Å². The number of guanidine groups is 1. The Morgan fingerprint density at radius 2 is 1.47 bits per heavy atom. The fourth-order valence-corrected chi connectivity index (χ4v) is 3.32. The van der Waals surface area contributed by atoms with Gasteiger partial charge in [-0.15, -0.1) is 4.99 Å². The zero-order valence-electron chi connectivity index (χ0n) is 22.9. The van der Waals surface area contributed by atoms with E-state index in [2.05, 4.69) is 20.4 Å². The number of nitrogens with zero attached hydrogens (tertiary/aromatic N) is 4. The summed E-state index contributed by atoms with van der Waals surface area (Å²) in [5.41, 5.74) is 1.48. The highest BCUT2D eigenvalue weighted by molar-refractivity contribution is 5.98. The van der Waals surface area contributed by atoms with E-state index in [9.17, 15) is 9.59 Å². The first-order valence-electron chi connectivity index (χ1n) is 12.4. The van der Waals surface area contributed by atoms with Gasteiger partial charge in [0, 0.05) is 12.1 Å². The molecule has 0 saturated carbocycles. The second kappa shape index (κ2) is 11.9. The van der Waals surface area contributed by atoms with E-state index in [1.54, 1.807) is 46.4 Å². The number of nitrogens with one attached hydrogen (secondary N) is 1. The second-order valence-corrected chi connectivity index (χ2v) is 10.5. The van der Waals surface area contributed by atoms with Crippen molar-refractivity contribution in [3.63, 3.8) is 0 Å². The Morgan fingerprint density at radius 1 is 0.895 bits per heavy atom. The van der Waals surface area contributed by atoms with Gasteiger partial charge in [-0.1, -0.05) is 59.8 Å². The van der Waals surface area contributed by atoms with Gasteiger partial charge in [0.2, 0.25) is 17.7 Å². The fourth-order valence-electron chi connectivity index (χ4n) is 3.32. The van der Waals surface area contributed by atoms with Crippen LogP contribution in [0.25, 0.3) is 22.5 Å². The fraction of sp³-hybridized carbons (Fsp3) is 0.393. The van der Waals surface area contributed by atoms with Crippen LogP contribution in [0, 0.1) is 0 Å². The van der Waals surface area contributed by atoms with E-state index in [0.29, 0.717) is 12.4 Å². The molecule has 2 amide bonds. The Hall–Kier alpha value is -4.21. The minimum absolute atomic E-state index is 0.0528. The summed E-state index contributed by atoms with van der Waals surface area (Å²) in [6.07, 6.45) is -1.62. The van der Waals surface area contributed by atoms with Gasteiger partial charge >= 0.3 is 12.2 Å². The maximum atomic E-state index is 12.5. The number of hydrogen-bond donors (Lipinski definition) is 1. The highest BCUT2D eigenvalue weighted by Crippen LogP contribution is 2.23. The summed E-state index contributed by atoms with van der Waals surface area (Å²) in [6, 6.07) is 17.9. The van der Waals surface area contributed by atoms with Gasteiger partial charge < -0.3 is 18.9 Å². The summed E-state index contributed by atoms with van der Waals surface area (Å²) < 4.78 is 16.1. The Labute approximate surface area is 223 Å². The van der Waals surface area contributed by atoms with Gasteiger partial charge in [-0.25, -0.2) is 9.59 Å². The van der Waals surface area contributed by atoms with Gasteiger partial charge in [0.15, 0.2) is 0 Å². The van der Waals surface area contributed by atoms with Crippen LogP contribution in [0.4, 0.5) is 9.59 Å². The molecule has 1 aromatic heterocycles. The molecule has 0 aliphatic heterocycles. The minimum atomic E-state index is -0.855. The van der Waals surface area contributed by atoms with Crippen LogP contribution < -0.4 is 5.32 Å². The summed E-state index contributed by atoms with van der Waals surface area (Å²) in [4.78, 5) is 35.0. The largest absolute Gasteiger partial charge is 0.444 e. The van der Waals surface area contributed by atoms with Crippen molar-refractivity contribution in [2.75, 3.05) is 6.54 Å². The number of benzene rings is 2. The molecular formula is C28H35N5O5. The third kappa shape index (κ3) is 8.72. The van der Waals surface area contributed by atoms with Crippen LogP contribution in [-0.4, -0.2) is 50.9 Å². The Balaban J connectivity index is 1.79. The number of amides is 2. The lowest BCUT2D eigenvalue weighted by Crippen LogP contribution is -2.46. The van der Waals surface area contributed by atoms with E-state index in [1.807, 2.05) is 61.5 Å². The lowest BCUT2D eigenvalue weighted by Gasteiger charge is -2.25. The third-order valence-corrected chi connectivity index (χ3v) is 4.93. The number of rotatable bonds is 5. The maximum Gasteiger partial charge on any atom is 0.437 e. The molecule has 3 rings (SSSR count). The number of aromatic nitrogens is 2. The number of aliphatic imine (C=N–C) groups is 1. The molecule has 0 fully saturated rings. The first-order chi connectivity index (χ1) is 17.8. The summed E-state index contributed by atoms with van der Waals surface area (Å²) in [6.45, 7) is 12.7. The molecule has 3 aromatic rings. The second-order valence-electron chi connectivity index (χ2n) is 10.5. The summed E-state index contributed by atoms with van der Waals surface area (Å²) in [5, 5.41) is 6.64. The molecule has 202 valence electrons. The van der Waals surface area contributed by atoms with Crippen molar-refractivity contribution in [2.24, 2.45) is 4.99 Å². The molecule has 0 atom stereocenters. The smallest absolute Gasteiger partial charge is 0.437 e. The zero-order valence-corrected chi connectivity index (χ0v) is 22.9.